The number of ether oxygens (including phenoxy) is 1. The molecule has 0 bridgehead atoms. The number of rotatable bonds is 4. The molecule has 0 radical (unpaired) electrons. The summed E-state index contributed by atoms with van der Waals surface area (Å²) >= 11 is 1.65. The Kier molecular flexibility index (Phi) is 4.17. The van der Waals surface area contributed by atoms with Gasteiger partial charge in [0.2, 0.25) is 5.95 Å². The first kappa shape index (κ1) is 13.4. The largest absolute Gasteiger partial charge is 0.378 e. The second-order valence-corrected chi connectivity index (χ2v) is 5.49. The van der Waals surface area contributed by atoms with E-state index in [9.17, 15) is 0 Å². The molecule has 20 heavy (non-hydrogen) atoms. The van der Waals surface area contributed by atoms with E-state index in [1.165, 1.54) is 0 Å². The van der Waals surface area contributed by atoms with Crippen LogP contribution in [-0.4, -0.2) is 46.1 Å². The molecule has 7 heteroatoms. The smallest absolute Gasteiger partial charge is 0.227 e. The minimum Gasteiger partial charge on any atom is -0.378 e. The highest BCUT2D eigenvalue weighted by Crippen LogP contribution is 2.23. The van der Waals surface area contributed by atoms with Crippen LogP contribution in [0.25, 0.3) is 0 Å². The predicted molar refractivity (Wildman–Crippen MR) is 77.8 cm³/mol. The number of pyridine rings is 1. The van der Waals surface area contributed by atoms with Gasteiger partial charge in [-0.3, -0.25) is 9.55 Å². The second kappa shape index (κ2) is 6.23. The van der Waals surface area contributed by atoms with Crippen molar-refractivity contribution in [3.8, 4) is 0 Å². The van der Waals surface area contributed by atoms with Crippen LogP contribution in [0.2, 0.25) is 0 Å². The Balaban J connectivity index is 1.67. The fourth-order valence-corrected chi connectivity index (χ4v) is 2.92. The van der Waals surface area contributed by atoms with Gasteiger partial charge in [0, 0.05) is 32.1 Å². The van der Waals surface area contributed by atoms with Crippen LogP contribution in [0.1, 0.15) is 5.69 Å². The molecular formula is C13H17N5OS. The van der Waals surface area contributed by atoms with E-state index >= 15 is 0 Å². The molecule has 0 saturated carbocycles. The summed E-state index contributed by atoms with van der Waals surface area (Å²) in [5.41, 5.74) is 1.05. The van der Waals surface area contributed by atoms with Gasteiger partial charge in [0.25, 0.3) is 0 Å². The van der Waals surface area contributed by atoms with E-state index in [0.717, 1.165) is 48.9 Å². The number of aromatic nitrogens is 4. The van der Waals surface area contributed by atoms with E-state index in [2.05, 4.69) is 20.1 Å². The van der Waals surface area contributed by atoms with E-state index in [-0.39, 0.29) is 0 Å². The minimum absolute atomic E-state index is 0.753. The third kappa shape index (κ3) is 2.94. The number of hydrogen-bond acceptors (Lipinski definition) is 6. The zero-order valence-electron chi connectivity index (χ0n) is 11.4. The molecule has 0 spiro atoms. The van der Waals surface area contributed by atoms with Gasteiger partial charge < -0.3 is 9.64 Å². The lowest BCUT2D eigenvalue weighted by Crippen LogP contribution is -2.37. The first-order valence-electron chi connectivity index (χ1n) is 6.59. The van der Waals surface area contributed by atoms with Crippen molar-refractivity contribution in [1.82, 2.24) is 19.7 Å². The van der Waals surface area contributed by atoms with Crippen LogP contribution < -0.4 is 4.90 Å². The van der Waals surface area contributed by atoms with Gasteiger partial charge in [0.05, 0.1) is 18.9 Å². The summed E-state index contributed by atoms with van der Waals surface area (Å²) in [6.07, 6.45) is 1.81. The molecule has 1 saturated heterocycles. The molecule has 3 heterocycles. The van der Waals surface area contributed by atoms with Crippen LogP contribution in [0.15, 0.2) is 29.6 Å². The molecule has 3 rings (SSSR count). The lowest BCUT2D eigenvalue weighted by molar-refractivity contribution is 0.121. The molecule has 6 nitrogen and oxygen atoms in total. The van der Waals surface area contributed by atoms with E-state index < -0.39 is 0 Å². The molecule has 1 fully saturated rings. The van der Waals surface area contributed by atoms with Crippen LogP contribution in [0.5, 0.6) is 0 Å². The van der Waals surface area contributed by atoms with Crippen molar-refractivity contribution in [2.45, 2.75) is 10.9 Å². The van der Waals surface area contributed by atoms with Crippen molar-refractivity contribution in [3.05, 3.63) is 30.1 Å². The van der Waals surface area contributed by atoms with E-state index in [4.69, 9.17) is 4.74 Å². The highest BCUT2D eigenvalue weighted by Gasteiger charge is 2.18. The molecule has 2 aromatic rings. The van der Waals surface area contributed by atoms with Crippen molar-refractivity contribution in [2.24, 2.45) is 7.05 Å². The van der Waals surface area contributed by atoms with Crippen molar-refractivity contribution < 1.29 is 4.74 Å². The Bertz CT molecular complexity index is 553. The average Bonchev–Trinajstić information content (AvgIpc) is 2.88. The molecule has 0 aromatic carbocycles. The summed E-state index contributed by atoms with van der Waals surface area (Å²) in [5.74, 6) is 1.72. The van der Waals surface area contributed by atoms with E-state index in [1.807, 2.05) is 36.0 Å². The number of anilines is 1. The first-order chi connectivity index (χ1) is 9.84. The monoisotopic (exact) mass is 291 g/mol. The van der Waals surface area contributed by atoms with Gasteiger partial charge in [0.15, 0.2) is 5.16 Å². The SMILES string of the molecule is Cn1c(SCc2ccccn2)nnc1N1CCOCC1. The summed E-state index contributed by atoms with van der Waals surface area (Å²) in [7, 11) is 2.01. The maximum absolute atomic E-state index is 5.36. The molecular weight excluding hydrogens is 274 g/mol. The Labute approximate surface area is 122 Å². The predicted octanol–water partition coefficient (Wildman–Crippen LogP) is 1.34. The van der Waals surface area contributed by atoms with Gasteiger partial charge in [-0.2, -0.15) is 0 Å². The number of hydrogen-bond donors (Lipinski definition) is 0. The van der Waals surface area contributed by atoms with Crippen LogP contribution in [0, 0.1) is 0 Å². The fraction of sp³-hybridized carbons (Fsp3) is 0.462. The Morgan fingerprint density at radius 1 is 1.25 bits per heavy atom. The topological polar surface area (TPSA) is 56.1 Å². The Morgan fingerprint density at radius 3 is 2.85 bits per heavy atom. The van der Waals surface area contributed by atoms with Gasteiger partial charge in [-0.15, -0.1) is 10.2 Å². The summed E-state index contributed by atoms with van der Waals surface area (Å²) in [6, 6.07) is 5.94. The van der Waals surface area contributed by atoms with Crippen LogP contribution >= 0.6 is 11.8 Å². The van der Waals surface area contributed by atoms with Crippen LogP contribution in [0.4, 0.5) is 5.95 Å². The summed E-state index contributed by atoms with van der Waals surface area (Å²) in [4.78, 5) is 6.52. The van der Waals surface area contributed by atoms with Gasteiger partial charge >= 0.3 is 0 Å². The lowest BCUT2D eigenvalue weighted by atomic mass is 10.4. The molecule has 0 unspecified atom stereocenters. The van der Waals surface area contributed by atoms with Crippen molar-refractivity contribution in [2.75, 3.05) is 31.2 Å². The Hall–Kier alpha value is -1.60. The van der Waals surface area contributed by atoms with Gasteiger partial charge in [-0.25, -0.2) is 0 Å². The summed E-state index contributed by atoms with van der Waals surface area (Å²) in [5, 5.41) is 9.48. The molecule has 106 valence electrons. The quantitative estimate of drug-likeness (QED) is 0.792. The lowest BCUT2D eigenvalue weighted by Gasteiger charge is -2.27. The number of nitrogens with zero attached hydrogens (tertiary/aromatic N) is 5. The maximum atomic E-state index is 5.36. The molecule has 1 aliphatic heterocycles. The second-order valence-electron chi connectivity index (χ2n) is 4.55. The fourth-order valence-electron chi connectivity index (χ4n) is 2.09. The van der Waals surface area contributed by atoms with Crippen LogP contribution in [0.3, 0.4) is 0 Å². The molecule has 1 aliphatic rings. The first-order valence-corrected chi connectivity index (χ1v) is 7.58. The molecule has 0 N–H and O–H groups in total. The van der Waals surface area contributed by atoms with Crippen LogP contribution in [-0.2, 0) is 17.5 Å². The maximum Gasteiger partial charge on any atom is 0.227 e. The van der Waals surface area contributed by atoms with Crippen molar-refractivity contribution >= 4 is 17.7 Å². The highest BCUT2D eigenvalue weighted by molar-refractivity contribution is 7.98. The van der Waals surface area contributed by atoms with Gasteiger partial charge in [0.1, 0.15) is 0 Å². The third-order valence-corrected chi connectivity index (χ3v) is 4.23. The summed E-state index contributed by atoms with van der Waals surface area (Å²) < 4.78 is 7.40. The number of thioether (sulfide) groups is 1. The van der Waals surface area contributed by atoms with Gasteiger partial charge in [-0.1, -0.05) is 17.8 Å². The molecule has 0 atom stereocenters. The standard InChI is InChI=1S/C13H17N5OS/c1-17-12(18-6-8-19-9-7-18)15-16-13(17)20-10-11-4-2-3-5-14-11/h2-5H,6-10H2,1H3. The zero-order valence-corrected chi connectivity index (χ0v) is 12.2. The molecule has 0 amide bonds. The Morgan fingerprint density at radius 2 is 2.10 bits per heavy atom. The summed E-state index contributed by atoms with van der Waals surface area (Å²) in [6.45, 7) is 3.25. The normalized spacial score (nSPS) is 15.6. The minimum atomic E-state index is 0.753. The average molecular weight is 291 g/mol. The van der Waals surface area contributed by atoms with Gasteiger partial charge in [-0.05, 0) is 12.1 Å². The van der Waals surface area contributed by atoms with Crippen molar-refractivity contribution in [3.63, 3.8) is 0 Å². The van der Waals surface area contributed by atoms with Crippen molar-refractivity contribution in [1.29, 1.82) is 0 Å². The third-order valence-electron chi connectivity index (χ3n) is 3.18. The van der Waals surface area contributed by atoms with E-state index in [0.29, 0.717) is 0 Å². The highest BCUT2D eigenvalue weighted by atomic mass is 32.2. The zero-order chi connectivity index (χ0) is 13.8. The molecule has 2 aromatic heterocycles. The molecule has 0 aliphatic carbocycles. The number of morpholine rings is 1. The van der Waals surface area contributed by atoms with E-state index in [1.54, 1.807) is 11.8 Å².